The maximum absolute atomic E-state index is 11.6. The topological polar surface area (TPSA) is 57.6 Å². The molecule has 82 valence electrons. The van der Waals surface area contributed by atoms with Crippen molar-refractivity contribution in [2.45, 2.75) is 13.3 Å². The van der Waals surface area contributed by atoms with Crippen LogP contribution in [0.15, 0.2) is 18.2 Å². The molecule has 1 aromatic rings. The minimum Gasteiger partial charge on any atom is -0.506 e. The highest BCUT2D eigenvalue weighted by atomic mass is 32.2. The molecule has 0 spiro atoms. The summed E-state index contributed by atoms with van der Waals surface area (Å²) >= 11 is 0. The van der Waals surface area contributed by atoms with E-state index in [2.05, 4.69) is 0 Å². The average molecular weight is 227 g/mol. The van der Waals surface area contributed by atoms with Crippen LogP contribution >= 0.6 is 0 Å². The Kier molecular flexibility index (Phi) is 2.34. The molecule has 1 fully saturated rings. The van der Waals surface area contributed by atoms with Crippen molar-refractivity contribution >= 4 is 15.7 Å². The van der Waals surface area contributed by atoms with Gasteiger partial charge in [0.05, 0.1) is 11.4 Å². The predicted molar refractivity (Wildman–Crippen MR) is 58.6 cm³/mol. The molecule has 0 saturated carbocycles. The number of anilines is 1. The Morgan fingerprint density at radius 2 is 2.13 bits per heavy atom. The van der Waals surface area contributed by atoms with Crippen molar-refractivity contribution in [2.75, 3.05) is 16.6 Å². The van der Waals surface area contributed by atoms with Gasteiger partial charge in [0.1, 0.15) is 5.75 Å². The Balaban J connectivity index is 2.46. The highest BCUT2D eigenvalue weighted by molar-refractivity contribution is 7.93. The third-order valence-electron chi connectivity index (χ3n) is 2.50. The van der Waals surface area contributed by atoms with E-state index >= 15 is 0 Å². The summed E-state index contributed by atoms with van der Waals surface area (Å²) in [7, 11) is -3.20. The normalized spacial score (nSPS) is 19.4. The molecule has 1 aromatic carbocycles. The molecule has 1 aliphatic rings. The van der Waals surface area contributed by atoms with Crippen LogP contribution in [0.5, 0.6) is 5.75 Å². The summed E-state index contributed by atoms with van der Waals surface area (Å²) in [6.07, 6.45) is 0.621. The van der Waals surface area contributed by atoms with E-state index in [4.69, 9.17) is 0 Å². The summed E-state index contributed by atoms with van der Waals surface area (Å²) in [5.74, 6) is 0.195. The van der Waals surface area contributed by atoms with Gasteiger partial charge >= 0.3 is 0 Å². The molecule has 0 radical (unpaired) electrons. The standard InChI is InChI=1S/C10H13NO3S/c1-8-3-4-9(10(12)7-8)11-5-2-6-15(11,13)14/h3-4,7,12H,2,5-6H2,1H3. The first-order valence-corrected chi connectivity index (χ1v) is 6.42. The number of benzene rings is 1. The number of aromatic hydroxyl groups is 1. The molecule has 0 bridgehead atoms. The number of phenols is 1. The Labute approximate surface area is 89.2 Å². The van der Waals surface area contributed by atoms with E-state index < -0.39 is 10.0 Å². The van der Waals surface area contributed by atoms with Crippen molar-refractivity contribution in [3.8, 4) is 5.75 Å². The lowest BCUT2D eigenvalue weighted by Crippen LogP contribution is -2.25. The molecule has 0 amide bonds. The fourth-order valence-corrected chi connectivity index (χ4v) is 3.33. The maximum Gasteiger partial charge on any atom is 0.235 e. The maximum atomic E-state index is 11.6. The zero-order valence-electron chi connectivity index (χ0n) is 8.47. The number of phenolic OH excluding ortho intramolecular Hbond substituents is 1. The SMILES string of the molecule is Cc1ccc(N2CCCS2(=O)=O)c(O)c1. The van der Waals surface area contributed by atoms with Crippen molar-refractivity contribution in [3.63, 3.8) is 0 Å². The number of nitrogens with zero attached hydrogens (tertiary/aromatic N) is 1. The highest BCUT2D eigenvalue weighted by Crippen LogP contribution is 2.32. The second kappa shape index (κ2) is 3.41. The molecule has 2 rings (SSSR count). The molecule has 15 heavy (non-hydrogen) atoms. The number of hydrogen-bond acceptors (Lipinski definition) is 3. The highest BCUT2D eigenvalue weighted by Gasteiger charge is 2.29. The van der Waals surface area contributed by atoms with E-state index in [0.29, 0.717) is 18.7 Å². The second-order valence-corrected chi connectivity index (χ2v) is 5.75. The van der Waals surface area contributed by atoms with Crippen molar-refractivity contribution < 1.29 is 13.5 Å². The van der Waals surface area contributed by atoms with Gasteiger partial charge in [0.25, 0.3) is 0 Å². The van der Waals surface area contributed by atoms with Crippen LogP contribution in [0, 0.1) is 6.92 Å². The zero-order valence-corrected chi connectivity index (χ0v) is 9.29. The fraction of sp³-hybridized carbons (Fsp3) is 0.400. The van der Waals surface area contributed by atoms with Crippen LogP contribution in [0.3, 0.4) is 0 Å². The number of aryl methyl sites for hydroxylation is 1. The van der Waals surface area contributed by atoms with E-state index in [1.807, 2.05) is 6.92 Å². The molecule has 5 heteroatoms. The second-order valence-electron chi connectivity index (χ2n) is 3.73. The van der Waals surface area contributed by atoms with E-state index in [0.717, 1.165) is 5.56 Å². The summed E-state index contributed by atoms with van der Waals surface area (Å²) < 4.78 is 24.5. The van der Waals surface area contributed by atoms with E-state index in [9.17, 15) is 13.5 Å². The first kappa shape index (κ1) is 10.3. The Hall–Kier alpha value is -1.23. The molecular weight excluding hydrogens is 214 g/mol. The van der Waals surface area contributed by atoms with Gasteiger partial charge < -0.3 is 5.11 Å². The van der Waals surface area contributed by atoms with Crippen LogP contribution in [-0.2, 0) is 10.0 Å². The van der Waals surface area contributed by atoms with Gasteiger partial charge in [0.2, 0.25) is 10.0 Å². The largest absolute Gasteiger partial charge is 0.506 e. The van der Waals surface area contributed by atoms with E-state index in [1.54, 1.807) is 18.2 Å². The van der Waals surface area contributed by atoms with Crippen LogP contribution in [0.4, 0.5) is 5.69 Å². The predicted octanol–water partition coefficient (Wildman–Crippen LogP) is 1.24. The zero-order chi connectivity index (χ0) is 11.1. The summed E-state index contributed by atoms with van der Waals surface area (Å²) in [6, 6.07) is 5.01. The summed E-state index contributed by atoms with van der Waals surface area (Å²) in [4.78, 5) is 0. The van der Waals surface area contributed by atoms with Gasteiger partial charge in [-0.2, -0.15) is 0 Å². The van der Waals surface area contributed by atoms with Gasteiger partial charge in [-0.05, 0) is 31.0 Å². The van der Waals surface area contributed by atoms with Crippen LogP contribution < -0.4 is 4.31 Å². The molecular formula is C10H13NO3S. The van der Waals surface area contributed by atoms with Crippen LogP contribution in [0.2, 0.25) is 0 Å². The number of sulfonamides is 1. The minimum atomic E-state index is -3.20. The lowest BCUT2D eigenvalue weighted by Gasteiger charge is -2.18. The first-order valence-electron chi connectivity index (χ1n) is 4.81. The van der Waals surface area contributed by atoms with Crippen molar-refractivity contribution in [1.82, 2.24) is 0 Å². The molecule has 1 saturated heterocycles. The minimum absolute atomic E-state index is 0.0282. The third kappa shape index (κ3) is 1.79. The molecule has 0 aliphatic carbocycles. The number of hydrogen-bond donors (Lipinski definition) is 1. The van der Waals surface area contributed by atoms with Crippen LogP contribution in [-0.4, -0.2) is 25.8 Å². The van der Waals surface area contributed by atoms with Crippen LogP contribution in [0.25, 0.3) is 0 Å². The van der Waals surface area contributed by atoms with Gasteiger partial charge in [0.15, 0.2) is 0 Å². The Bertz CT molecular complexity index is 481. The fourth-order valence-electron chi connectivity index (χ4n) is 1.75. The van der Waals surface area contributed by atoms with E-state index in [-0.39, 0.29) is 11.5 Å². The monoisotopic (exact) mass is 227 g/mol. The average Bonchev–Trinajstić information content (AvgIpc) is 2.46. The quantitative estimate of drug-likeness (QED) is 0.785. The van der Waals surface area contributed by atoms with Gasteiger partial charge in [-0.1, -0.05) is 6.07 Å². The third-order valence-corrected chi connectivity index (χ3v) is 4.35. The molecule has 1 N–H and O–H groups in total. The van der Waals surface area contributed by atoms with Crippen LogP contribution in [0.1, 0.15) is 12.0 Å². The Morgan fingerprint density at radius 3 is 2.67 bits per heavy atom. The molecule has 0 unspecified atom stereocenters. The lowest BCUT2D eigenvalue weighted by atomic mass is 10.2. The molecule has 0 aromatic heterocycles. The smallest absolute Gasteiger partial charge is 0.235 e. The summed E-state index contributed by atoms with van der Waals surface area (Å²) in [5, 5.41) is 9.68. The summed E-state index contributed by atoms with van der Waals surface area (Å²) in [5.41, 5.74) is 1.30. The molecule has 4 nitrogen and oxygen atoms in total. The molecule has 1 aliphatic heterocycles. The molecule has 1 heterocycles. The lowest BCUT2D eigenvalue weighted by molar-refractivity contribution is 0.475. The van der Waals surface area contributed by atoms with Crippen molar-refractivity contribution in [2.24, 2.45) is 0 Å². The number of rotatable bonds is 1. The van der Waals surface area contributed by atoms with Crippen molar-refractivity contribution in [1.29, 1.82) is 0 Å². The van der Waals surface area contributed by atoms with Gasteiger partial charge in [-0.3, -0.25) is 4.31 Å². The van der Waals surface area contributed by atoms with E-state index in [1.165, 1.54) is 4.31 Å². The van der Waals surface area contributed by atoms with Gasteiger partial charge in [-0.15, -0.1) is 0 Å². The van der Waals surface area contributed by atoms with Crippen molar-refractivity contribution in [3.05, 3.63) is 23.8 Å². The first-order chi connectivity index (χ1) is 7.00. The van der Waals surface area contributed by atoms with Gasteiger partial charge in [0, 0.05) is 6.54 Å². The Morgan fingerprint density at radius 1 is 1.40 bits per heavy atom. The van der Waals surface area contributed by atoms with Gasteiger partial charge in [-0.25, -0.2) is 8.42 Å². The molecule has 0 atom stereocenters. The summed E-state index contributed by atoms with van der Waals surface area (Å²) in [6.45, 7) is 2.31.